The Morgan fingerprint density at radius 3 is 2.62 bits per heavy atom. The maximum atomic E-state index is 12.8. The topological polar surface area (TPSA) is 107 Å². The highest BCUT2D eigenvalue weighted by atomic mass is 19.4. The molecule has 0 aliphatic carbocycles. The SMILES string of the molecule is CC[C@H]1COC(=O)N1c1nc(N[C@@H](C)c2cn(-c3ccc(C(F)(F)F)cc3)cn2)nc(OC)n1. The Kier molecular flexibility index (Phi) is 6.26. The maximum Gasteiger partial charge on any atom is 0.417 e. The van der Waals surface area contributed by atoms with Crippen LogP contribution < -0.4 is 15.0 Å². The minimum atomic E-state index is -4.40. The summed E-state index contributed by atoms with van der Waals surface area (Å²) in [6, 6.07) is 4.20. The molecule has 0 unspecified atom stereocenters. The third-order valence-electron chi connectivity index (χ3n) is 5.32. The number of imidazole rings is 1. The van der Waals surface area contributed by atoms with Crippen molar-refractivity contribution in [1.29, 1.82) is 0 Å². The number of aromatic nitrogens is 5. The molecule has 0 spiro atoms. The predicted octanol–water partition coefficient (Wildman–Crippen LogP) is 3.99. The van der Waals surface area contributed by atoms with Gasteiger partial charge in [0, 0.05) is 11.9 Å². The van der Waals surface area contributed by atoms with E-state index in [4.69, 9.17) is 9.47 Å². The second-order valence-electron chi connectivity index (χ2n) is 7.57. The van der Waals surface area contributed by atoms with Gasteiger partial charge in [0.25, 0.3) is 0 Å². The molecule has 0 bridgehead atoms. The first-order valence-electron chi connectivity index (χ1n) is 10.4. The Bertz CT molecular complexity index is 1170. The molecule has 3 heterocycles. The standard InChI is InChI=1S/C21H22F3N7O3/c1-4-14-10-34-20(32)31(14)18-27-17(28-19(29-18)33-3)26-12(2)16-9-30(11-25-16)15-7-5-13(6-8-15)21(22,23)24/h5-9,11-12,14H,4,10H2,1-3H3,(H,26,27,28,29)/t12-,14-/m0/s1. The molecule has 1 amide bonds. The molecule has 4 rings (SSSR count). The summed E-state index contributed by atoms with van der Waals surface area (Å²) < 4.78 is 50.3. The third-order valence-corrected chi connectivity index (χ3v) is 5.32. The number of carbonyl (C=O) groups excluding carboxylic acids is 1. The minimum absolute atomic E-state index is 0.0181. The number of cyclic esters (lactones) is 1. The summed E-state index contributed by atoms with van der Waals surface area (Å²) in [6.45, 7) is 3.98. The van der Waals surface area contributed by atoms with Crippen molar-refractivity contribution in [2.45, 2.75) is 38.5 Å². The average Bonchev–Trinajstić information content (AvgIpc) is 3.45. The van der Waals surface area contributed by atoms with Crippen LogP contribution in [0.25, 0.3) is 5.69 Å². The van der Waals surface area contributed by atoms with Crippen LogP contribution in [0, 0.1) is 0 Å². The van der Waals surface area contributed by atoms with Crippen molar-refractivity contribution >= 4 is 18.0 Å². The van der Waals surface area contributed by atoms with Gasteiger partial charge < -0.3 is 19.4 Å². The monoisotopic (exact) mass is 477 g/mol. The molecule has 180 valence electrons. The molecule has 34 heavy (non-hydrogen) atoms. The zero-order valence-corrected chi connectivity index (χ0v) is 18.6. The molecule has 3 aromatic rings. The maximum absolute atomic E-state index is 12.8. The molecule has 1 N–H and O–H groups in total. The first kappa shape index (κ1) is 23.3. The lowest BCUT2D eigenvalue weighted by atomic mass is 10.2. The van der Waals surface area contributed by atoms with Gasteiger partial charge >= 0.3 is 18.3 Å². The predicted molar refractivity (Wildman–Crippen MR) is 115 cm³/mol. The second kappa shape index (κ2) is 9.15. The fraction of sp³-hybridized carbons (Fsp3) is 0.381. The number of nitrogens with zero attached hydrogens (tertiary/aromatic N) is 6. The molecular weight excluding hydrogens is 455 g/mol. The Hall–Kier alpha value is -3.90. The van der Waals surface area contributed by atoms with E-state index in [1.807, 2.05) is 13.8 Å². The molecular formula is C21H22F3N7O3. The van der Waals surface area contributed by atoms with Gasteiger partial charge in [-0.2, -0.15) is 28.1 Å². The number of alkyl halides is 3. The second-order valence-corrected chi connectivity index (χ2v) is 7.57. The Balaban J connectivity index is 1.53. The zero-order valence-electron chi connectivity index (χ0n) is 18.6. The van der Waals surface area contributed by atoms with Crippen molar-refractivity contribution in [3.8, 4) is 11.7 Å². The van der Waals surface area contributed by atoms with Gasteiger partial charge in [-0.25, -0.2) is 14.7 Å². The summed E-state index contributed by atoms with van der Waals surface area (Å²) in [5.74, 6) is 0.263. The van der Waals surface area contributed by atoms with Crippen LogP contribution in [-0.4, -0.2) is 50.4 Å². The number of benzene rings is 1. The molecule has 0 radical (unpaired) electrons. The van der Waals surface area contributed by atoms with Crippen molar-refractivity contribution in [1.82, 2.24) is 24.5 Å². The van der Waals surface area contributed by atoms with Crippen LogP contribution in [0.3, 0.4) is 0 Å². The normalized spacial score (nSPS) is 16.9. The van der Waals surface area contributed by atoms with E-state index in [9.17, 15) is 18.0 Å². The summed E-state index contributed by atoms with van der Waals surface area (Å²) in [5, 5.41) is 3.09. The van der Waals surface area contributed by atoms with E-state index in [1.54, 1.807) is 10.8 Å². The highest BCUT2D eigenvalue weighted by Crippen LogP contribution is 2.30. The molecule has 1 fully saturated rings. The number of carbonyl (C=O) groups is 1. The Labute approximate surface area is 192 Å². The summed E-state index contributed by atoms with van der Waals surface area (Å²) in [7, 11) is 1.40. The Morgan fingerprint density at radius 1 is 1.24 bits per heavy atom. The van der Waals surface area contributed by atoms with Gasteiger partial charge in [0.1, 0.15) is 6.61 Å². The van der Waals surface area contributed by atoms with E-state index >= 15 is 0 Å². The molecule has 1 saturated heterocycles. The molecule has 1 aliphatic heterocycles. The average molecular weight is 477 g/mol. The largest absolute Gasteiger partial charge is 0.467 e. The summed E-state index contributed by atoms with van der Waals surface area (Å²) in [5.41, 5.74) is 0.396. The number of anilines is 2. The molecule has 0 saturated carbocycles. The highest BCUT2D eigenvalue weighted by Gasteiger charge is 2.36. The van der Waals surface area contributed by atoms with Gasteiger partial charge in [-0.1, -0.05) is 6.92 Å². The lowest BCUT2D eigenvalue weighted by Gasteiger charge is -2.19. The number of rotatable bonds is 7. The van der Waals surface area contributed by atoms with Crippen LogP contribution in [0.4, 0.5) is 29.9 Å². The number of halogens is 3. The van der Waals surface area contributed by atoms with Crippen molar-refractivity contribution in [3.05, 3.63) is 48.0 Å². The van der Waals surface area contributed by atoms with Crippen molar-refractivity contribution in [3.63, 3.8) is 0 Å². The van der Waals surface area contributed by atoms with Crippen molar-refractivity contribution in [2.75, 3.05) is 23.9 Å². The van der Waals surface area contributed by atoms with E-state index in [0.717, 1.165) is 12.1 Å². The van der Waals surface area contributed by atoms with Crippen LogP contribution in [0.2, 0.25) is 0 Å². The minimum Gasteiger partial charge on any atom is -0.467 e. The van der Waals surface area contributed by atoms with E-state index in [1.165, 1.54) is 30.5 Å². The van der Waals surface area contributed by atoms with Crippen LogP contribution in [0.5, 0.6) is 6.01 Å². The molecule has 10 nitrogen and oxygen atoms in total. The van der Waals surface area contributed by atoms with Crippen LogP contribution in [0.15, 0.2) is 36.8 Å². The lowest BCUT2D eigenvalue weighted by molar-refractivity contribution is -0.137. The molecule has 13 heteroatoms. The number of hydrogen-bond acceptors (Lipinski definition) is 8. The number of amides is 1. The van der Waals surface area contributed by atoms with E-state index in [2.05, 4.69) is 25.3 Å². The first-order chi connectivity index (χ1) is 16.2. The molecule has 2 aromatic heterocycles. The Morgan fingerprint density at radius 2 is 1.97 bits per heavy atom. The fourth-order valence-electron chi connectivity index (χ4n) is 3.41. The third kappa shape index (κ3) is 4.72. The molecule has 1 aromatic carbocycles. The van der Waals surface area contributed by atoms with Crippen molar-refractivity contribution < 1.29 is 27.4 Å². The van der Waals surface area contributed by atoms with Gasteiger partial charge in [0.05, 0.1) is 36.8 Å². The summed E-state index contributed by atoms with van der Waals surface area (Å²) in [6.07, 6.45) is -1.11. The smallest absolute Gasteiger partial charge is 0.417 e. The fourth-order valence-corrected chi connectivity index (χ4v) is 3.41. The number of ether oxygens (including phenoxy) is 2. The molecule has 2 atom stereocenters. The highest BCUT2D eigenvalue weighted by molar-refractivity contribution is 5.88. The van der Waals surface area contributed by atoms with E-state index in [0.29, 0.717) is 17.8 Å². The zero-order chi connectivity index (χ0) is 24.5. The lowest BCUT2D eigenvalue weighted by Crippen LogP contribution is -2.34. The van der Waals surface area contributed by atoms with Crippen molar-refractivity contribution in [2.24, 2.45) is 0 Å². The van der Waals surface area contributed by atoms with Gasteiger partial charge in [-0.15, -0.1) is 0 Å². The number of hydrogen-bond donors (Lipinski definition) is 1. The van der Waals surface area contributed by atoms with Gasteiger partial charge in [-0.05, 0) is 37.6 Å². The van der Waals surface area contributed by atoms with Crippen LogP contribution in [0.1, 0.15) is 37.6 Å². The van der Waals surface area contributed by atoms with Gasteiger partial charge in [0.2, 0.25) is 11.9 Å². The number of nitrogens with one attached hydrogen (secondary N) is 1. The van der Waals surface area contributed by atoms with Gasteiger partial charge in [-0.3, -0.25) is 0 Å². The van der Waals surface area contributed by atoms with Crippen LogP contribution >= 0.6 is 0 Å². The van der Waals surface area contributed by atoms with Gasteiger partial charge in [0.15, 0.2) is 0 Å². The first-order valence-corrected chi connectivity index (χ1v) is 10.4. The van der Waals surface area contributed by atoms with Crippen LogP contribution in [-0.2, 0) is 10.9 Å². The molecule has 1 aliphatic rings. The quantitative estimate of drug-likeness (QED) is 0.544. The number of methoxy groups -OCH3 is 1. The van der Waals surface area contributed by atoms with E-state index < -0.39 is 17.8 Å². The summed E-state index contributed by atoms with van der Waals surface area (Å²) in [4.78, 5) is 30.6. The summed E-state index contributed by atoms with van der Waals surface area (Å²) >= 11 is 0. The van der Waals surface area contributed by atoms with E-state index in [-0.39, 0.29) is 36.6 Å².